The van der Waals surface area contributed by atoms with Crippen LogP contribution in [0.25, 0.3) is 0 Å². The van der Waals surface area contributed by atoms with E-state index in [1.165, 1.54) is 36.4 Å². The lowest BCUT2D eigenvalue weighted by molar-refractivity contribution is -0.384. The third-order valence-corrected chi connectivity index (χ3v) is 3.01. The first-order valence-electron chi connectivity index (χ1n) is 6.72. The summed E-state index contributed by atoms with van der Waals surface area (Å²) in [5.41, 5.74) is 10.7. The van der Waals surface area contributed by atoms with E-state index in [1.54, 1.807) is 0 Å². The van der Waals surface area contributed by atoms with Crippen molar-refractivity contribution in [3.8, 4) is 11.5 Å². The van der Waals surface area contributed by atoms with Crippen molar-refractivity contribution in [3.63, 3.8) is 0 Å². The molecule has 2 rings (SSSR count). The van der Waals surface area contributed by atoms with Gasteiger partial charge in [0.1, 0.15) is 36.1 Å². The van der Waals surface area contributed by atoms with Crippen LogP contribution >= 0.6 is 0 Å². The van der Waals surface area contributed by atoms with Crippen molar-refractivity contribution in [2.24, 2.45) is 0 Å². The number of ether oxygens (including phenoxy) is 2. The van der Waals surface area contributed by atoms with E-state index in [1.807, 2.05) is 0 Å². The Bertz CT molecular complexity index is 714. The summed E-state index contributed by atoms with van der Waals surface area (Å²) in [7, 11) is 0. The molecule has 0 aliphatic rings. The van der Waals surface area contributed by atoms with Gasteiger partial charge in [0.2, 0.25) is 0 Å². The minimum Gasteiger partial charge on any atom is -0.490 e. The molecule has 0 saturated heterocycles. The molecule has 0 radical (unpaired) electrons. The number of nitrogens with zero attached hydrogens (tertiary/aromatic N) is 2. The summed E-state index contributed by atoms with van der Waals surface area (Å²) >= 11 is 0. The van der Waals surface area contributed by atoms with Gasteiger partial charge >= 0.3 is 0 Å². The van der Waals surface area contributed by atoms with Gasteiger partial charge in [-0.25, -0.2) is 0 Å². The highest BCUT2D eigenvalue weighted by Crippen LogP contribution is 2.27. The summed E-state index contributed by atoms with van der Waals surface area (Å²) in [5.74, 6) is 0.731. The Morgan fingerprint density at radius 3 is 1.46 bits per heavy atom. The highest BCUT2D eigenvalue weighted by Gasteiger charge is 2.12. The zero-order valence-corrected chi connectivity index (χ0v) is 12.4. The second-order valence-electron chi connectivity index (χ2n) is 4.65. The van der Waals surface area contributed by atoms with Gasteiger partial charge in [0, 0.05) is 24.3 Å². The Morgan fingerprint density at radius 1 is 0.792 bits per heavy atom. The fourth-order valence-electron chi connectivity index (χ4n) is 1.90. The lowest BCUT2D eigenvalue weighted by Gasteiger charge is -2.09. The lowest BCUT2D eigenvalue weighted by atomic mass is 10.2. The molecule has 4 N–H and O–H groups in total. The van der Waals surface area contributed by atoms with E-state index >= 15 is 0 Å². The molecule has 10 nitrogen and oxygen atoms in total. The minimum atomic E-state index is -0.582. The van der Waals surface area contributed by atoms with Crippen LogP contribution in [-0.4, -0.2) is 23.1 Å². The minimum absolute atomic E-state index is 0.00145. The Kier molecular flexibility index (Phi) is 5.00. The van der Waals surface area contributed by atoms with Crippen molar-refractivity contribution in [2.75, 3.05) is 24.7 Å². The number of hydrogen-bond acceptors (Lipinski definition) is 8. The van der Waals surface area contributed by atoms with E-state index in [0.717, 1.165) is 0 Å². The number of rotatable bonds is 7. The average molecular weight is 334 g/mol. The van der Waals surface area contributed by atoms with Crippen LogP contribution in [0.2, 0.25) is 0 Å². The topological polar surface area (TPSA) is 157 Å². The van der Waals surface area contributed by atoms with Gasteiger partial charge < -0.3 is 20.9 Å². The predicted octanol–water partition coefficient (Wildman–Crippen LogP) is 2.13. The fourth-order valence-corrected chi connectivity index (χ4v) is 1.90. The molecule has 10 heteroatoms. The van der Waals surface area contributed by atoms with E-state index in [4.69, 9.17) is 20.9 Å². The zero-order valence-electron chi connectivity index (χ0n) is 12.4. The Hall–Kier alpha value is -3.56. The number of benzene rings is 2. The van der Waals surface area contributed by atoms with E-state index in [9.17, 15) is 20.2 Å². The van der Waals surface area contributed by atoms with E-state index < -0.39 is 9.85 Å². The number of hydrogen-bond donors (Lipinski definition) is 2. The molecule has 0 saturated carbocycles. The molecular formula is C14H14N4O6. The van der Waals surface area contributed by atoms with Crippen LogP contribution in [0, 0.1) is 20.2 Å². The zero-order chi connectivity index (χ0) is 17.7. The Balaban J connectivity index is 1.87. The van der Waals surface area contributed by atoms with Crippen LogP contribution in [0.5, 0.6) is 11.5 Å². The van der Waals surface area contributed by atoms with Crippen molar-refractivity contribution >= 4 is 22.7 Å². The highest BCUT2D eigenvalue weighted by atomic mass is 16.6. The van der Waals surface area contributed by atoms with Crippen molar-refractivity contribution in [1.29, 1.82) is 0 Å². The number of nitro groups is 2. The van der Waals surface area contributed by atoms with E-state index in [-0.39, 0.29) is 36.0 Å². The first kappa shape index (κ1) is 16.8. The maximum absolute atomic E-state index is 10.7. The molecule has 0 amide bonds. The summed E-state index contributed by atoms with van der Waals surface area (Å²) in [4.78, 5) is 20.1. The average Bonchev–Trinajstić information content (AvgIpc) is 2.51. The molecule has 0 heterocycles. The SMILES string of the molecule is Nc1cc(OCCOc2ccc([N+](=O)[O-])c(N)c2)ccc1[N+](=O)[O-]. The van der Waals surface area contributed by atoms with Gasteiger partial charge in [0.05, 0.1) is 9.85 Å². The summed E-state index contributed by atoms with van der Waals surface area (Å²) in [6, 6.07) is 8.06. The van der Waals surface area contributed by atoms with Crippen molar-refractivity contribution < 1.29 is 19.3 Å². The van der Waals surface area contributed by atoms with Crippen molar-refractivity contribution in [1.82, 2.24) is 0 Å². The van der Waals surface area contributed by atoms with Crippen molar-refractivity contribution in [2.45, 2.75) is 0 Å². The molecule has 0 bridgehead atoms. The van der Waals surface area contributed by atoms with Crippen molar-refractivity contribution in [3.05, 3.63) is 56.6 Å². The normalized spacial score (nSPS) is 10.2. The summed E-state index contributed by atoms with van der Waals surface area (Å²) < 4.78 is 10.7. The summed E-state index contributed by atoms with van der Waals surface area (Å²) in [6.45, 7) is 0.294. The first-order valence-corrected chi connectivity index (χ1v) is 6.72. The third kappa shape index (κ3) is 4.00. The molecule has 0 aromatic heterocycles. The smallest absolute Gasteiger partial charge is 0.292 e. The van der Waals surface area contributed by atoms with Gasteiger partial charge in [0.15, 0.2) is 0 Å². The quantitative estimate of drug-likeness (QED) is 0.337. The number of nitrogen functional groups attached to an aromatic ring is 2. The molecule has 126 valence electrons. The molecule has 0 atom stereocenters. The molecule has 0 aliphatic heterocycles. The first-order chi connectivity index (χ1) is 11.4. The van der Waals surface area contributed by atoms with Gasteiger partial charge in [-0.15, -0.1) is 0 Å². The number of nitrogens with two attached hydrogens (primary N) is 2. The molecule has 0 spiro atoms. The van der Waals surface area contributed by atoms with Crippen LogP contribution < -0.4 is 20.9 Å². The molecule has 2 aromatic rings. The van der Waals surface area contributed by atoms with Gasteiger partial charge in [0.25, 0.3) is 11.4 Å². The summed E-state index contributed by atoms with van der Waals surface area (Å²) in [5, 5.41) is 21.3. The highest BCUT2D eigenvalue weighted by molar-refractivity contribution is 5.61. The fraction of sp³-hybridized carbons (Fsp3) is 0.143. The Labute approximate surface area is 135 Å². The van der Waals surface area contributed by atoms with Crippen LogP contribution in [-0.2, 0) is 0 Å². The Morgan fingerprint density at radius 2 is 1.17 bits per heavy atom. The van der Waals surface area contributed by atoms with Crippen LogP contribution in [0.15, 0.2) is 36.4 Å². The monoisotopic (exact) mass is 334 g/mol. The summed E-state index contributed by atoms with van der Waals surface area (Å²) in [6.07, 6.45) is 0. The van der Waals surface area contributed by atoms with Gasteiger partial charge in [-0.3, -0.25) is 20.2 Å². The second kappa shape index (κ2) is 7.13. The molecular weight excluding hydrogens is 320 g/mol. The molecule has 24 heavy (non-hydrogen) atoms. The van der Waals surface area contributed by atoms with Crippen LogP contribution in [0.3, 0.4) is 0 Å². The lowest BCUT2D eigenvalue weighted by Crippen LogP contribution is -2.09. The largest absolute Gasteiger partial charge is 0.490 e. The molecule has 0 aliphatic carbocycles. The maximum Gasteiger partial charge on any atom is 0.292 e. The van der Waals surface area contributed by atoms with Gasteiger partial charge in [-0.2, -0.15) is 0 Å². The molecule has 0 unspecified atom stereocenters. The van der Waals surface area contributed by atoms with Crippen LogP contribution in [0.4, 0.5) is 22.7 Å². The number of anilines is 2. The molecule has 0 fully saturated rings. The third-order valence-electron chi connectivity index (χ3n) is 3.01. The molecule has 2 aromatic carbocycles. The predicted molar refractivity (Wildman–Crippen MR) is 86.0 cm³/mol. The van der Waals surface area contributed by atoms with E-state index in [2.05, 4.69) is 0 Å². The standard InChI is InChI=1S/C14H14N4O6/c15-11-7-9(1-3-13(11)17(19)20)23-5-6-24-10-2-4-14(18(21)22)12(16)8-10/h1-4,7-8H,5-6,15-16H2. The van der Waals surface area contributed by atoms with Gasteiger partial charge in [-0.05, 0) is 12.1 Å². The van der Waals surface area contributed by atoms with E-state index in [0.29, 0.717) is 11.5 Å². The van der Waals surface area contributed by atoms with Crippen LogP contribution in [0.1, 0.15) is 0 Å². The van der Waals surface area contributed by atoms with Gasteiger partial charge in [-0.1, -0.05) is 0 Å². The number of nitro benzene ring substituents is 2. The maximum atomic E-state index is 10.7. The second-order valence-corrected chi connectivity index (χ2v) is 4.65.